The topological polar surface area (TPSA) is 110 Å². The molecule has 1 aromatic heterocycles. The van der Waals surface area contributed by atoms with Gasteiger partial charge in [-0.3, -0.25) is 9.69 Å². The number of fused-ring (bicyclic) bond motifs is 2. The third-order valence-electron chi connectivity index (χ3n) is 5.44. The van der Waals surface area contributed by atoms with Gasteiger partial charge in [-0.05, 0) is 24.3 Å². The van der Waals surface area contributed by atoms with Gasteiger partial charge in [0.2, 0.25) is 6.79 Å². The predicted molar refractivity (Wildman–Crippen MR) is 121 cm³/mol. The van der Waals surface area contributed by atoms with Crippen molar-refractivity contribution in [2.45, 2.75) is 13.0 Å². The molecule has 0 fully saturated rings. The van der Waals surface area contributed by atoms with Gasteiger partial charge >= 0.3 is 6.03 Å². The molecule has 2 aliphatic rings. The average Bonchev–Trinajstić information content (AvgIpc) is 3.45. The van der Waals surface area contributed by atoms with E-state index in [4.69, 9.17) is 15.2 Å². The lowest BCUT2D eigenvalue weighted by atomic mass is 10.2. The molecule has 0 saturated heterocycles. The average molecular weight is 452 g/mol. The number of nitrogens with two attached hydrogens (primary N) is 1. The van der Waals surface area contributed by atoms with Gasteiger partial charge in [0.15, 0.2) is 16.5 Å². The maximum atomic E-state index is 13.1. The summed E-state index contributed by atoms with van der Waals surface area (Å²) in [5.41, 5.74) is 8.52. The molecule has 10 heteroatoms. The number of thiazole rings is 1. The van der Waals surface area contributed by atoms with Crippen molar-refractivity contribution in [2.24, 2.45) is 0 Å². The van der Waals surface area contributed by atoms with Gasteiger partial charge in [0.05, 0.1) is 23.6 Å². The molecule has 164 valence electrons. The Balaban J connectivity index is 1.28. The van der Waals surface area contributed by atoms with E-state index >= 15 is 0 Å². The van der Waals surface area contributed by atoms with Crippen LogP contribution >= 0.6 is 11.3 Å². The van der Waals surface area contributed by atoms with Crippen LogP contribution in [0.2, 0.25) is 0 Å². The van der Waals surface area contributed by atoms with Crippen LogP contribution in [-0.2, 0) is 13.0 Å². The van der Waals surface area contributed by atoms with Crippen molar-refractivity contribution < 1.29 is 19.1 Å². The largest absolute Gasteiger partial charge is 0.454 e. The predicted octanol–water partition coefficient (Wildman–Crippen LogP) is 3.32. The molecule has 32 heavy (non-hydrogen) atoms. The number of rotatable bonds is 3. The lowest BCUT2D eigenvalue weighted by Crippen LogP contribution is -2.43. The Morgan fingerprint density at radius 3 is 2.84 bits per heavy atom. The second-order valence-electron chi connectivity index (χ2n) is 7.48. The zero-order valence-electron chi connectivity index (χ0n) is 17.3. The van der Waals surface area contributed by atoms with Crippen LogP contribution in [0.25, 0.3) is 0 Å². The van der Waals surface area contributed by atoms with Crippen LogP contribution in [-0.4, -0.2) is 42.2 Å². The van der Waals surface area contributed by atoms with Gasteiger partial charge in [-0.25, -0.2) is 9.78 Å². The third-order valence-corrected chi connectivity index (χ3v) is 6.52. The third kappa shape index (κ3) is 3.69. The smallest absolute Gasteiger partial charge is 0.324 e. The van der Waals surface area contributed by atoms with Gasteiger partial charge in [0, 0.05) is 36.6 Å². The Hall–Kier alpha value is -3.79. The number of benzene rings is 2. The van der Waals surface area contributed by atoms with Gasteiger partial charge < -0.3 is 25.4 Å². The quantitative estimate of drug-likeness (QED) is 0.591. The van der Waals surface area contributed by atoms with Crippen LogP contribution in [0.5, 0.6) is 11.5 Å². The number of aromatic nitrogens is 1. The summed E-state index contributed by atoms with van der Waals surface area (Å²) in [4.78, 5) is 34.5. The molecule has 2 aromatic carbocycles. The highest BCUT2D eigenvalue weighted by Crippen LogP contribution is 2.36. The molecule has 3 aromatic rings. The van der Waals surface area contributed by atoms with E-state index in [1.165, 1.54) is 11.3 Å². The van der Waals surface area contributed by atoms with Crippen molar-refractivity contribution in [3.05, 3.63) is 58.0 Å². The summed E-state index contributed by atoms with van der Waals surface area (Å²) in [5, 5.41) is 3.16. The van der Waals surface area contributed by atoms with Crippen LogP contribution in [0, 0.1) is 0 Å². The maximum absolute atomic E-state index is 13.1. The first-order chi connectivity index (χ1) is 15.5. The van der Waals surface area contributed by atoms with Crippen molar-refractivity contribution >= 4 is 40.3 Å². The lowest BCUT2D eigenvalue weighted by Gasteiger charge is -2.30. The number of urea groups is 1. The molecule has 5 rings (SSSR count). The molecule has 0 saturated carbocycles. The molecule has 0 radical (unpaired) electrons. The van der Waals surface area contributed by atoms with Gasteiger partial charge in [0.25, 0.3) is 5.91 Å². The highest BCUT2D eigenvalue weighted by molar-refractivity contribution is 7.13. The Morgan fingerprint density at radius 1 is 1.19 bits per heavy atom. The fourth-order valence-electron chi connectivity index (χ4n) is 3.66. The number of nitrogen functional groups attached to an aromatic ring is 1. The Labute approximate surface area is 188 Å². The number of ether oxygens (including phenoxy) is 2. The van der Waals surface area contributed by atoms with E-state index in [0.29, 0.717) is 47.4 Å². The molecule has 9 nitrogen and oxygen atoms in total. The summed E-state index contributed by atoms with van der Waals surface area (Å²) in [5.74, 6) is 0.989. The Morgan fingerprint density at radius 2 is 2.00 bits per heavy atom. The van der Waals surface area contributed by atoms with Crippen molar-refractivity contribution in [3.63, 3.8) is 0 Å². The normalized spacial score (nSPS) is 14.1. The zero-order valence-corrected chi connectivity index (χ0v) is 18.1. The molecule has 0 aliphatic carbocycles. The van der Waals surface area contributed by atoms with E-state index in [-0.39, 0.29) is 18.7 Å². The Kier molecular flexibility index (Phi) is 5.06. The summed E-state index contributed by atoms with van der Waals surface area (Å²) >= 11 is 1.30. The molecule has 2 aliphatic heterocycles. The number of amides is 3. The molecule has 3 heterocycles. The summed E-state index contributed by atoms with van der Waals surface area (Å²) < 4.78 is 10.7. The summed E-state index contributed by atoms with van der Waals surface area (Å²) in [7, 11) is 1.73. The number of nitrogens with one attached hydrogen (secondary N) is 1. The molecular weight excluding hydrogens is 430 g/mol. The van der Waals surface area contributed by atoms with E-state index in [9.17, 15) is 9.59 Å². The number of anilines is 3. The minimum Gasteiger partial charge on any atom is -0.454 e. The van der Waals surface area contributed by atoms with Gasteiger partial charge in [-0.1, -0.05) is 12.1 Å². The Bertz CT molecular complexity index is 1210. The first-order valence-corrected chi connectivity index (χ1v) is 10.9. The standard InChI is InChI=1S/C22H21N5O4S/c1-26(13-6-7-17-18(10-13)31-12-30-17)22(29)27-9-8-16-19(11-27)32-21(25-16)20(28)24-15-5-3-2-4-14(15)23/h2-7,10H,8-9,11-12,23H2,1H3,(H,24,28). The highest BCUT2D eigenvalue weighted by Gasteiger charge is 2.28. The molecule has 0 bridgehead atoms. The molecular formula is C22H21N5O4S. The second kappa shape index (κ2) is 8.04. The number of hydrogen-bond donors (Lipinski definition) is 2. The fraction of sp³-hybridized carbons (Fsp3) is 0.227. The lowest BCUT2D eigenvalue weighted by molar-refractivity contribution is 0.102. The number of carbonyl (C=O) groups is 2. The first-order valence-electron chi connectivity index (χ1n) is 10.1. The fourth-order valence-corrected chi connectivity index (χ4v) is 4.68. The van der Waals surface area contributed by atoms with Crippen molar-refractivity contribution in [2.75, 3.05) is 36.3 Å². The zero-order chi connectivity index (χ0) is 22.2. The monoisotopic (exact) mass is 451 g/mol. The van der Waals surface area contributed by atoms with E-state index in [1.54, 1.807) is 53.2 Å². The van der Waals surface area contributed by atoms with Crippen LogP contribution in [0.1, 0.15) is 20.4 Å². The number of para-hydroxylation sites is 2. The molecule has 3 N–H and O–H groups in total. The SMILES string of the molecule is CN(C(=O)N1CCc2nc(C(=O)Nc3ccccc3N)sc2C1)c1ccc2c(c1)OCO2. The van der Waals surface area contributed by atoms with Crippen LogP contribution < -0.4 is 25.4 Å². The summed E-state index contributed by atoms with van der Waals surface area (Å²) in [6, 6.07) is 12.4. The molecule has 0 unspecified atom stereocenters. The van der Waals surface area contributed by atoms with E-state index in [1.807, 2.05) is 6.07 Å². The summed E-state index contributed by atoms with van der Waals surface area (Å²) in [6.07, 6.45) is 0.591. The van der Waals surface area contributed by atoms with Crippen LogP contribution in [0.15, 0.2) is 42.5 Å². The van der Waals surface area contributed by atoms with Gasteiger partial charge in [-0.2, -0.15) is 0 Å². The minimum atomic E-state index is -0.308. The summed E-state index contributed by atoms with van der Waals surface area (Å²) in [6.45, 7) is 1.11. The van der Waals surface area contributed by atoms with E-state index in [2.05, 4.69) is 10.3 Å². The number of hydrogen-bond acceptors (Lipinski definition) is 7. The molecule has 0 spiro atoms. The first kappa shape index (κ1) is 20.1. The van der Waals surface area contributed by atoms with Gasteiger partial charge in [-0.15, -0.1) is 11.3 Å². The maximum Gasteiger partial charge on any atom is 0.324 e. The number of carbonyl (C=O) groups excluding carboxylic acids is 2. The van der Waals surface area contributed by atoms with Crippen LogP contribution in [0.3, 0.4) is 0 Å². The molecule has 3 amide bonds. The van der Waals surface area contributed by atoms with Gasteiger partial charge in [0.1, 0.15) is 0 Å². The number of nitrogens with zero attached hydrogens (tertiary/aromatic N) is 3. The van der Waals surface area contributed by atoms with E-state index in [0.717, 1.165) is 16.3 Å². The van der Waals surface area contributed by atoms with E-state index < -0.39 is 0 Å². The highest BCUT2D eigenvalue weighted by atomic mass is 32.1. The molecule has 0 atom stereocenters. The van der Waals surface area contributed by atoms with Crippen molar-refractivity contribution in [1.82, 2.24) is 9.88 Å². The van der Waals surface area contributed by atoms with Crippen molar-refractivity contribution in [1.29, 1.82) is 0 Å². The minimum absolute atomic E-state index is 0.133. The van der Waals surface area contributed by atoms with Crippen LogP contribution in [0.4, 0.5) is 21.9 Å². The second-order valence-corrected chi connectivity index (χ2v) is 8.56. The van der Waals surface area contributed by atoms with Crippen molar-refractivity contribution in [3.8, 4) is 11.5 Å².